The average molecular weight is 260 g/mol. The molecule has 0 unspecified atom stereocenters. The summed E-state index contributed by atoms with van der Waals surface area (Å²) in [5.74, 6) is 0.856. The van der Waals surface area contributed by atoms with Gasteiger partial charge in [-0.3, -0.25) is 0 Å². The molecule has 1 aromatic carbocycles. The van der Waals surface area contributed by atoms with Gasteiger partial charge in [-0.05, 0) is 54.7 Å². The van der Waals surface area contributed by atoms with Crippen molar-refractivity contribution in [3.63, 3.8) is 0 Å². The lowest BCUT2D eigenvalue weighted by Crippen LogP contribution is -2.10. The summed E-state index contributed by atoms with van der Waals surface area (Å²) >= 11 is 0. The zero-order valence-electron chi connectivity index (χ0n) is 12.9. The summed E-state index contributed by atoms with van der Waals surface area (Å²) in [4.78, 5) is 0. The van der Waals surface area contributed by atoms with Gasteiger partial charge in [0.15, 0.2) is 0 Å². The third-order valence-corrected chi connectivity index (χ3v) is 3.62. The molecule has 1 N–H and O–H groups in total. The Kier molecular flexibility index (Phi) is 6.30. The van der Waals surface area contributed by atoms with E-state index in [1.54, 1.807) is 0 Å². The molecule has 1 rings (SSSR count). The van der Waals surface area contributed by atoms with Crippen LogP contribution in [0.15, 0.2) is 30.4 Å². The molecule has 0 spiro atoms. The maximum atomic E-state index is 9.32. The lowest BCUT2D eigenvalue weighted by atomic mass is 9.86. The second-order valence-corrected chi connectivity index (χ2v) is 6.09. The van der Waals surface area contributed by atoms with E-state index in [2.05, 4.69) is 52.5 Å². The molecule has 1 heteroatoms. The van der Waals surface area contributed by atoms with Crippen LogP contribution in [0.25, 0.3) is 0 Å². The molecule has 0 aliphatic carbocycles. The minimum Gasteiger partial charge on any atom is -0.396 e. The van der Waals surface area contributed by atoms with Gasteiger partial charge in [-0.15, -0.1) is 6.58 Å². The molecule has 1 atom stereocenters. The van der Waals surface area contributed by atoms with Crippen LogP contribution < -0.4 is 0 Å². The molecule has 0 saturated carbocycles. The molecule has 0 aliphatic heterocycles. The minimum atomic E-state index is 0.256. The van der Waals surface area contributed by atoms with Gasteiger partial charge in [0.05, 0.1) is 0 Å². The SMILES string of the molecule is C=C(C)CCc1cccc(C(C)C)c1C[C@@H](C)CO. The number of hydrogen-bond donors (Lipinski definition) is 1. The van der Waals surface area contributed by atoms with E-state index in [9.17, 15) is 5.11 Å². The van der Waals surface area contributed by atoms with Crippen molar-refractivity contribution in [3.05, 3.63) is 47.0 Å². The number of benzene rings is 1. The predicted octanol–water partition coefficient (Wildman–Crippen LogP) is 4.49. The quantitative estimate of drug-likeness (QED) is 0.716. The highest BCUT2D eigenvalue weighted by Crippen LogP contribution is 2.26. The fourth-order valence-corrected chi connectivity index (χ4v) is 2.44. The second kappa shape index (κ2) is 7.49. The van der Waals surface area contributed by atoms with E-state index in [4.69, 9.17) is 0 Å². The molecule has 0 aliphatic rings. The Morgan fingerprint density at radius 3 is 2.47 bits per heavy atom. The van der Waals surface area contributed by atoms with Gasteiger partial charge < -0.3 is 5.11 Å². The first-order valence-corrected chi connectivity index (χ1v) is 7.31. The van der Waals surface area contributed by atoms with Crippen LogP contribution in [0.5, 0.6) is 0 Å². The van der Waals surface area contributed by atoms with Crippen molar-refractivity contribution in [1.82, 2.24) is 0 Å². The van der Waals surface area contributed by atoms with Crippen molar-refractivity contribution in [1.29, 1.82) is 0 Å². The third kappa shape index (κ3) is 4.83. The molecular formula is C18H28O. The molecule has 1 nitrogen and oxygen atoms in total. The molecule has 0 bridgehead atoms. The number of allylic oxidation sites excluding steroid dienone is 1. The number of aliphatic hydroxyl groups is 1. The van der Waals surface area contributed by atoms with Gasteiger partial charge in [-0.2, -0.15) is 0 Å². The van der Waals surface area contributed by atoms with Crippen LogP contribution in [0.4, 0.5) is 0 Å². The number of hydrogen-bond acceptors (Lipinski definition) is 1. The summed E-state index contributed by atoms with van der Waals surface area (Å²) in [5.41, 5.74) is 5.53. The first-order valence-electron chi connectivity index (χ1n) is 7.31. The van der Waals surface area contributed by atoms with Crippen LogP contribution >= 0.6 is 0 Å². The highest BCUT2D eigenvalue weighted by atomic mass is 16.3. The lowest BCUT2D eigenvalue weighted by Gasteiger charge is -2.20. The van der Waals surface area contributed by atoms with Crippen LogP contribution in [-0.2, 0) is 12.8 Å². The summed E-state index contributed by atoms with van der Waals surface area (Å²) in [7, 11) is 0. The van der Waals surface area contributed by atoms with E-state index in [1.807, 2.05) is 0 Å². The van der Waals surface area contributed by atoms with Crippen LogP contribution in [0.1, 0.15) is 56.7 Å². The summed E-state index contributed by atoms with van der Waals surface area (Å²) in [6, 6.07) is 6.62. The molecule has 1 aromatic rings. The van der Waals surface area contributed by atoms with Gasteiger partial charge in [0.2, 0.25) is 0 Å². The van der Waals surface area contributed by atoms with E-state index in [1.165, 1.54) is 22.3 Å². The largest absolute Gasteiger partial charge is 0.396 e. The van der Waals surface area contributed by atoms with E-state index in [0.717, 1.165) is 19.3 Å². The fourth-order valence-electron chi connectivity index (χ4n) is 2.44. The van der Waals surface area contributed by atoms with Crippen molar-refractivity contribution in [2.24, 2.45) is 5.92 Å². The van der Waals surface area contributed by atoms with E-state index < -0.39 is 0 Å². The van der Waals surface area contributed by atoms with Crippen molar-refractivity contribution < 1.29 is 5.11 Å². The summed E-state index contributed by atoms with van der Waals surface area (Å²) in [5, 5.41) is 9.32. The molecule has 0 fully saturated rings. The first kappa shape index (κ1) is 16.0. The topological polar surface area (TPSA) is 20.2 Å². The van der Waals surface area contributed by atoms with E-state index in [0.29, 0.717) is 11.8 Å². The van der Waals surface area contributed by atoms with Crippen LogP contribution in [0, 0.1) is 5.92 Å². The van der Waals surface area contributed by atoms with Gasteiger partial charge >= 0.3 is 0 Å². The highest BCUT2D eigenvalue weighted by Gasteiger charge is 2.13. The van der Waals surface area contributed by atoms with Gasteiger partial charge in [0.1, 0.15) is 0 Å². The zero-order chi connectivity index (χ0) is 14.4. The van der Waals surface area contributed by atoms with Crippen LogP contribution in [-0.4, -0.2) is 11.7 Å². The average Bonchev–Trinajstić information content (AvgIpc) is 2.36. The summed E-state index contributed by atoms with van der Waals surface area (Å²) in [6.07, 6.45) is 3.07. The van der Waals surface area contributed by atoms with E-state index >= 15 is 0 Å². The molecule has 0 radical (unpaired) electrons. The normalized spacial score (nSPS) is 12.7. The number of rotatable bonds is 7. The highest BCUT2D eigenvalue weighted by molar-refractivity contribution is 5.38. The first-order chi connectivity index (χ1) is 8.95. The van der Waals surface area contributed by atoms with Gasteiger partial charge in [0.25, 0.3) is 0 Å². The molecule has 0 saturated heterocycles. The Hall–Kier alpha value is -1.08. The Labute approximate surface area is 118 Å². The molecule has 0 amide bonds. The molecule has 19 heavy (non-hydrogen) atoms. The third-order valence-electron chi connectivity index (χ3n) is 3.62. The summed E-state index contributed by atoms with van der Waals surface area (Å²) in [6.45, 7) is 12.9. The Morgan fingerprint density at radius 1 is 1.26 bits per heavy atom. The Balaban J connectivity index is 3.06. The van der Waals surface area contributed by atoms with Crippen LogP contribution in [0.3, 0.4) is 0 Å². The van der Waals surface area contributed by atoms with E-state index in [-0.39, 0.29) is 6.61 Å². The number of aliphatic hydroxyl groups excluding tert-OH is 1. The fraction of sp³-hybridized carbons (Fsp3) is 0.556. The number of aryl methyl sites for hydroxylation is 1. The smallest absolute Gasteiger partial charge is 0.0459 e. The van der Waals surface area contributed by atoms with Crippen molar-refractivity contribution in [2.75, 3.05) is 6.61 Å². The predicted molar refractivity (Wildman–Crippen MR) is 83.6 cm³/mol. The van der Waals surface area contributed by atoms with Crippen molar-refractivity contribution in [2.45, 2.75) is 52.9 Å². The van der Waals surface area contributed by atoms with Gasteiger partial charge in [-0.25, -0.2) is 0 Å². The maximum absolute atomic E-state index is 9.32. The Bertz CT molecular complexity index is 418. The molecule has 0 aromatic heterocycles. The monoisotopic (exact) mass is 260 g/mol. The molecule has 0 heterocycles. The van der Waals surface area contributed by atoms with Gasteiger partial charge in [0, 0.05) is 6.61 Å². The minimum absolute atomic E-state index is 0.256. The van der Waals surface area contributed by atoms with Gasteiger partial charge in [-0.1, -0.05) is 44.5 Å². The standard InChI is InChI=1S/C18H28O/c1-13(2)9-10-16-7-6-8-17(14(3)4)18(16)11-15(5)12-19/h6-8,14-15,19H,1,9-12H2,2-5H3/t15-/m1/s1. The second-order valence-electron chi connectivity index (χ2n) is 6.09. The lowest BCUT2D eigenvalue weighted by molar-refractivity contribution is 0.236. The van der Waals surface area contributed by atoms with Crippen LogP contribution in [0.2, 0.25) is 0 Å². The van der Waals surface area contributed by atoms with Crippen molar-refractivity contribution in [3.8, 4) is 0 Å². The maximum Gasteiger partial charge on any atom is 0.0459 e. The zero-order valence-corrected chi connectivity index (χ0v) is 12.9. The molecule has 106 valence electrons. The summed E-state index contributed by atoms with van der Waals surface area (Å²) < 4.78 is 0. The Morgan fingerprint density at radius 2 is 1.95 bits per heavy atom. The molecular weight excluding hydrogens is 232 g/mol. The van der Waals surface area contributed by atoms with Crippen molar-refractivity contribution >= 4 is 0 Å².